The lowest BCUT2D eigenvalue weighted by Crippen LogP contribution is -2.22. The number of methoxy groups -OCH3 is 2. The van der Waals surface area contributed by atoms with E-state index in [-0.39, 0.29) is 23.6 Å². The Morgan fingerprint density at radius 1 is 1.11 bits per heavy atom. The van der Waals surface area contributed by atoms with E-state index in [1.807, 2.05) is 19.1 Å². The molecule has 0 spiro atoms. The number of esters is 1. The van der Waals surface area contributed by atoms with E-state index in [2.05, 4.69) is 4.98 Å². The van der Waals surface area contributed by atoms with Gasteiger partial charge in [-0.3, -0.25) is 4.79 Å². The summed E-state index contributed by atoms with van der Waals surface area (Å²) >= 11 is 0. The van der Waals surface area contributed by atoms with Gasteiger partial charge in [0.05, 0.1) is 32.4 Å². The highest BCUT2D eigenvalue weighted by Crippen LogP contribution is 2.47. The fourth-order valence-corrected chi connectivity index (χ4v) is 5.05. The average Bonchev–Trinajstić information content (AvgIpc) is 3.75. The zero-order valence-electron chi connectivity index (χ0n) is 21.5. The van der Waals surface area contributed by atoms with Gasteiger partial charge in [-0.1, -0.05) is 43.3 Å². The number of nitrogens with zero attached hydrogens (tertiary/aromatic N) is 1. The summed E-state index contributed by atoms with van der Waals surface area (Å²) in [6.45, 7) is 1.89. The number of halogens is 1. The van der Waals surface area contributed by atoms with Gasteiger partial charge in [-0.2, -0.15) is 0 Å². The predicted molar refractivity (Wildman–Crippen MR) is 139 cm³/mol. The first kappa shape index (κ1) is 26.6. The normalized spacial score (nSPS) is 15.6. The number of phenols is 1. The van der Waals surface area contributed by atoms with Crippen LogP contribution in [0.1, 0.15) is 61.3 Å². The van der Waals surface area contributed by atoms with E-state index in [1.54, 1.807) is 36.4 Å². The molecule has 1 fully saturated rings. The molecule has 37 heavy (non-hydrogen) atoms. The number of rotatable bonds is 11. The third kappa shape index (κ3) is 6.28. The fourth-order valence-electron chi connectivity index (χ4n) is 5.05. The number of benzene rings is 2. The van der Waals surface area contributed by atoms with Crippen molar-refractivity contribution >= 4 is 5.97 Å². The second-order valence-electron chi connectivity index (χ2n) is 9.80. The first-order chi connectivity index (χ1) is 17.8. The highest BCUT2D eigenvalue weighted by atomic mass is 19.1. The van der Waals surface area contributed by atoms with Gasteiger partial charge >= 0.3 is 5.97 Å². The van der Waals surface area contributed by atoms with Crippen molar-refractivity contribution in [3.05, 3.63) is 77.2 Å². The number of pyridine rings is 1. The van der Waals surface area contributed by atoms with Crippen LogP contribution < -0.4 is 4.74 Å². The van der Waals surface area contributed by atoms with Crippen LogP contribution in [0, 0.1) is 17.7 Å². The molecule has 6 nitrogen and oxygen atoms in total. The predicted octanol–water partition coefficient (Wildman–Crippen LogP) is 5.96. The van der Waals surface area contributed by atoms with Gasteiger partial charge in [0.25, 0.3) is 0 Å². The van der Waals surface area contributed by atoms with Crippen LogP contribution in [0.3, 0.4) is 0 Å². The number of phenolic OH excluding ortho intramolecular Hbond substituents is 1. The highest BCUT2D eigenvalue weighted by molar-refractivity contribution is 5.73. The van der Waals surface area contributed by atoms with E-state index < -0.39 is 11.9 Å². The lowest BCUT2D eigenvalue weighted by molar-refractivity contribution is -0.145. The molecular weight excluding hydrogens is 473 g/mol. The summed E-state index contributed by atoms with van der Waals surface area (Å²) < 4.78 is 24.2. The topological polar surface area (TPSA) is 88.9 Å². The van der Waals surface area contributed by atoms with Crippen molar-refractivity contribution in [2.24, 2.45) is 11.8 Å². The van der Waals surface area contributed by atoms with Crippen LogP contribution in [0.2, 0.25) is 0 Å². The van der Waals surface area contributed by atoms with Gasteiger partial charge in [-0.15, -0.1) is 0 Å². The molecule has 3 aromatic rings. The van der Waals surface area contributed by atoms with E-state index in [4.69, 9.17) is 9.47 Å². The van der Waals surface area contributed by atoms with Crippen molar-refractivity contribution in [1.82, 2.24) is 4.98 Å². The molecule has 1 heterocycles. The maximum Gasteiger partial charge on any atom is 0.309 e. The molecular formula is C30H34FNO5. The first-order valence-electron chi connectivity index (χ1n) is 12.7. The monoisotopic (exact) mass is 507 g/mol. The minimum atomic E-state index is -0.674. The second kappa shape index (κ2) is 11.7. The number of hydrogen-bond donors (Lipinski definition) is 2. The summed E-state index contributed by atoms with van der Waals surface area (Å²) in [5.41, 5.74) is 3.58. The Balaban J connectivity index is 1.36. The number of aliphatic hydroxyl groups is 1. The van der Waals surface area contributed by atoms with Crippen molar-refractivity contribution in [3.8, 4) is 22.8 Å². The molecule has 1 unspecified atom stereocenters. The number of aromatic hydroxyl groups is 1. The minimum Gasteiger partial charge on any atom is -0.508 e. The zero-order valence-corrected chi connectivity index (χ0v) is 21.5. The number of carbonyl (C=O) groups is 1. The molecule has 1 aromatic heterocycles. The molecule has 1 aliphatic rings. The van der Waals surface area contributed by atoms with Crippen molar-refractivity contribution < 1.29 is 28.9 Å². The van der Waals surface area contributed by atoms with Gasteiger partial charge in [0.1, 0.15) is 11.6 Å². The zero-order chi connectivity index (χ0) is 26.5. The number of aromatic nitrogens is 1. The molecule has 1 saturated carbocycles. The molecule has 0 amide bonds. The standard InChI is InChI=1S/C30H34FNO5/c1-18(30(35)37-3)29(22-12-13-22)23-14-11-20(27(34)15-23)5-4-6-26(33)21-9-7-19(8-10-21)24-16-28(36-2)32-17-25(24)31/h7-11,14-18,22,26,29,33-34H,4-6,12-13H2,1-3H3/t18-,26?,29-/m0/s1. The van der Waals surface area contributed by atoms with E-state index >= 15 is 0 Å². The van der Waals surface area contributed by atoms with Crippen LogP contribution in [-0.2, 0) is 16.0 Å². The minimum absolute atomic E-state index is 0.0407. The summed E-state index contributed by atoms with van der Waals surface area (Å²) in [6, 6.07) is 14.4. The molecule has 196 valence electrons. The molecule has 3 atom stereocenters. The van der Waals surface area contributed by atoms with Gasteiger partial charge in [0, 0.05) is 11.6 Å². The Hall–Kier alpha value is -3.45. The molecule has 2 N–H and O–H groups in total. The van der Waals surface area contributed by atoms with Crippen molar-refractivity contribution in [3.63, 3.8) is 0 Å². The molecule has 4 rings (SSSR count). The average molecular weight is 508 g/mol. The summed E-state index contributed by atoms with van der Waals surface area (Å²) in [7, 11) is 2.89. The highest BCUT2D eigenvalue weighted by Gasteiger charge is 2.39. The van der Waals surface area contributed by atoms with Crippen molar-refractivity contribution in [1.29, 1.82) is 0 Å². The smallest absolute Gasteiger partial charge is 0.309 e. The van der Waals surface area contributed by atoms with E-state index in [0.717, 1.165) is 35.7 Å². The summed E-state index contributed by atoms with van der Waals surface area (Å²) in [5.74, 6) is 0.0983. The first-order valence-corrected chi connectivity index (χ1v) is 12.7. The third-order valence-corrected chi connectivity index (χ3v) is 7.31. The van der Waals surface area contributed by atoms with Gasteiger partial charge < -0.3 is 19.7 Å². The Bertz CT molecular complexity index is 1230. The second-order valence-corrected chi connectivity index (χ2v) is 9.80. The van der Waals surface area contributed by atoms with Crippen LogP contribution in [-0.4, -0.2) is 35.4 Å². The lowest BCUT2D eigenvalue weighted by atomic mass is 9.82. The van der Waals surface area contributed by atoms with Gasteiger partial charge in [-0.05, 0) is 72.3 Å². The quantitative estimate of drug-likeness (QED) is 0.311. The van der Waals surface area contributed by atoms with Crippen LogP contribution >= 0.6 is 0 Å². The Morgan fingerprint density at radius 3 is 2.43 bits per heavy atom. The molecule has 2 aromatic carbocycles. The largest absolute Gasteiger partial charge is 0.508 e. The maximum absolute atomic E-state index is 14.2. The van der Waals surface area contributed by atoms with Gasteiger partial charge in [-0.25, -0.2) is 9.37 Å². The lowest BCUT2D eigenvalue weighted by Gasteiger charge is -2.23. The van der Waals surface area contributed by atoms with Crippen molar-refractivity contribution in [2.45, 2.75) is 51.0 Å². The maximum atomic E-state index is 14.2. The summed E-state index contributed by atoms with van der Waals surface area (Å²) in [4.78, 5) is 16.0. The number of aryl methyl sites for hydroxylation is 1. The fraction of sp³-hybridized carbons (Fsp3) is 0.400. The molecule has 0 bridgehead atoms. The van der Waals surface area contributed by atoms with Crippen LogP contribution in [0.25, 0.3) is 11.1 Å². The third-order valence-electron chi connectivity index (χ3n) is 7.31. The molecule has 0 radical (unpaired) electrons. The Labute approximate surface area is 217 Å². The SMILES string of the molecule is COC(=O)[C@@H](C)[C@H](c1ccc(CCCC(O)c2ccc(-c3cc(OC)ncc3F)cc2)c(O)c1)C1CC1. The number of ether oxygens (including phenoxy) is 2. The molecule has 0 saturated heterocycles. The van der Waals surface area contributed by atoms with Crippen LogP contribution in [0.4, 0.5) is 4.39 Å². The van der Waals surface area contributed by atoms with Crippen molar-refractivity contribution in [2.75, 3.05) is 14.2 Å². The van der Waals surface area contributed by atoms with Crippen LogP contribution in [0.15, 0.2) is 54.7 Å². The van der Waals surface area contributed by atoms with E-state index in [1.165, 1.54) is 14.2 Å². The number of carbonyl (C=O) groups excluding carboxylic acids is 1. The number of hydrogen-bond acceptors (Lipinski definition) is 6. The number of aliphatic hydroxyl groups excluding tert-OH is 1. The summed E-state index contributed by atoms with van der Waals surface area (Å²) in [6.07, 6.45) is 4.43. The van der Waals surface area contributed by atoms with Gasteiger partial charge in [0.2, 0.25) is 5.88 Å². The van der Waals surface area contributed by atoms with E-state index in [0.29, 0.717) is 42.2 Å². The Kier molecular flexibility index (Phi) is 8.44. The van der Waals surface area contributed by atoms with E-state index in [9.17, 15) is 19.4 Å². The molecule has 7 heteroatoms. The molecule has 1 aliphatic carbocycles. The van der Waals surface area contributed by atoms with Gasteiger partial charge in [0.15, 0.2) is 0 Å². The summed E-state index contributed by atoms with van der Waals surface area (Å²) in [5, 5.41) is 21.4. The Morgan fingerprint density at radius 2 is 1.81 bits per heavy atom. The van der Waals surface area contributed by atoms with Crippen LogP contribution in [0.5, 0.6) is 11.6 Å². The molecule has 0 aliphatic heterocycles.